The molecular formula is C25H23ClN4O4S. The van der Waals surface area contributed by atoms with Crippen molar-refractivity contribution in [2.24, 2.45) is 0 Å². The van der Waals surface area contributed by atoms with Crippen LogP contribution in [0.5, 0.6) is 0 Å². The minimum Gasteiger partial charge on any atom is -0.383 e. The number of methoxy groups -OCH3 is 1. The highest BCUT2D eigenvalue weighted by molar-refractivity contribution is 7.80. The van der Waals surface area contributed by atoms with Gasteiger partial charge in [-0.3, -0.25) is 24.6 Å². The first-order chi connectivity index (χ1) is 16.8. The highest BCUT2D eigenvalue weighted by atomic mass is 35.5. The fourth-order valence-corrected chi connectivity index (χ4v) is 4.25. The van der Waals surface area contributed by atoms with Crippen molar-refractivity contribution in [3.8, 4) is 0 Å². The third kappa shape index (κ3) is 5.12. The van der Waals surface area contributed by atoms with Gasteiger partial charge >= 0.3 is 0 Å². The van der Waals surface area contributed by atoms with Crippen LogP contribution in [0.1, 0.15) is 11.1 Å². The lowest BCUT2D eigenvalue weighted by atomic mass is 10.1. The molecule has 0 aliphatic carbocycles. The predicted octanol–water partition coefficient (Wildman–Crippen LogP) is 3.20. The molecule has 0 saturated carbocycles. The molecule has 0 spiro atoms. The van der Waals surface area contributed by atoms with Gasteiger partial charge in [0.2, 0.25) is 5.91 Å². The number of benzene rings is 2. The van der Waals surface area contributed by atoms with Gasteiger partial charge in [-0.2, -0.15) is 0 Å². The van der Waals surface area contributed by atoms with Crippen molar-refractivity contribution >= 4 is 69.3 Å². The minimum atomic E-state index is -0.594. The minimum absolute atomic E-state index is 0.0211. The SMILES string of the molecule is COCCNC(=O)Cn1cc(/C=C2\C(=O)NC(=S)N(c3ccc(C)c(Cl)c3)C2=O)c2ccccc21. The molecule has 8 nitrogen and oxygen atoms in total. The predicted molar refractivity (Wildman–Crippen MR) is 139 cm³/mol. The molecule has 4 rings (SSSR count). The van der Waals surface area contributed by atoms with Crippen LogP contribution in [0.25, 0.3) is 17.0 Å². The number of carbonyl (C=O) groups excluding carboxylic acids is 3. The van der Waals surface area contributed by atoms with Gasteiger partial charge in [-0.1, -0.05) is 35.9 Å². The summed E-state index contributed by atoms with van der Waals surface area (Å²) in [4.78, 5) is 39.8. The van der Waals surface area contributed by atoms with Crippen molar-refractivity contribution in [1.82, 2.24) is 15.2 Å². The van der Waals surface area contributed by atoms with Crippen molar-refractivity contribution in [3.63, 3.8) is 0 Å². The van der Waals surface area contributed by atoms with Crippen molar-refractivity contribution in [2.45, 2.75) is 13.5 Å². The first kappa shape index (κ1) is 24.6. The summed E-state index contributed by atoms with van der Waals surface area (Å²) in [5.74, 6) is -1.34. The molecule has 0 atom stereocenters. The number of thiocarbonyl (C=S) groups is 1. The molecule has 3 aromatic rings. The highest BCUT2D eigenvalue weighted by Gasteiger charge is 2.35. The molecular weight excluding hydrogens is 488 g/mol. The zero-order valence-corrected chi connectivity index (χ0v) is 20.7. The van der Waals surface area contributed by atoms with E-state index in [4.69, 9.17) is 28.6 Å². The van der Waals surface area contributed by atoms with E-state index >= 15 is 0 Å². The quantitative estimate of drug-likeness (QED) is 0.220. The van der Waals surface area contributed by atoms with Gasteiger partial charge in [-0.05, 0) is 49.0 Å². The summed E-state index contributed by atoms with van der Waals surface area (Å²) in [6, 6.07) is 12.6. The fraction of sp³-hybridized carbons (Fsp3) is 0.200. The summed E-state index contributed by atoms with van der Waals surface area (Å²) < 4.78 is 6.74. The average Bonchev–Trinajstić information content (AvgIpc) is 3.16. The fourth-order valence-electron chi connectivity index (χ4n) is 3.79. The Hall–Kier alpha value is -3.53. The highest BCUT2D eigenvalue weighted by Crippen LogP contribution is 2.28. The van der Waals surface area contributed by atoms with Gasteiger partial charge in [0.25, 0.3) is 11.8 Å². The third-order valence-electron chi connectivity index (χ3n) is 5.58. The van der Waals surface area contributed by atoms with E-state index < -0.39 is 11.8 Å². The van der Waals surface area contributed by atoms with Gasteiger partial charge in [0.1, 0.15) is 12.1 Å². The maximum Gasteiger partial charge on any atom is 0.270 e. The van der Waals surface area contributed by atoms with Crippen LogP contribution in [-0.4, -0.2) is 47.7 Å². The summed E-state index contributed by atoms with van der Waals surface area (Å²) in [6.07, 6.45) is 3.26. The number of nitrogens with one attached hydrogen (secondary N) is 2. The summed E-state index contributed by atoms with van der Waals surface area (Å²) in [5, 5.41) is 6.62. The van der Waals surface area contributed by atoms with E-state index in [0.717, 1.165) is 16.5 Å². The van der Waals surface area contributed by atoms with Gasteiger partial charge in [-0.15, -0.1) is 0 Å². The van der Waals surface area contributed by atoms with Crippen LogP contribution in [-0.2, 0) is 25.7 Å². The van der Waals surface area contributed by atoms with Crippen LogP contribution in [0.3, 0.4) is 0 Å². The number of nitrogens with zero attached hydrogens (tertiary/aromatic N) is 2. The summed E-state index contributed by atoms with van der Waals surface area (Å²) in [5.41, 5.74) is 2.64. The standard InChI is InChI=1S/C25H23ClN4O4S/c1-15-7-8-17(12-20(15)26)30-24(33)19(23(32)28-25(30)35)11-16-13-29(14-22(31)27-9-10-34-2)21-6-4-3-5-18(16)21/h3-8,11-13H,9-10,14H2,1-2H3,(H,27,31)(H,28,32,35)/b19-11+. The molecule has 1 aliphatic rings. The molecule has 1 saturated heterocycles. The lowest BCUT2D eigenvalue weighted by Gasteiger charge is -2.29. The summed E-state index contributed by atoms with van der Waals surface area (Å²) in [7, 11) is 1.56. The monoisotopic (exact) mass is 510 g/mol. The molecule has 0 radical (unpaired) electrons. The molecule has 2 heterocycles. The molecule has 0 unspecified atom stereocenters. The van der Waals surface area contributed by atoms with Crippen molar-refractivity contribution in [1.29, 1.82) is 0 Å². The molecule has 2 aromatic carbocycles. The molecule has 2 N–H and O–H groups in total. The Morgan fingerprint density at radius 1 is 1.23 bits per heavy atom. The Labute approximate surface area is 212 Å². The Morgan fingerprint density at radius 2 is 2.00 bits per heavy atom. The summed E-state index contributed by atoms with van der Waals surface area (Å²) in [6.45, 7) is 2.74. The van der Waals surface area contributed by atoms with Gasteiger partial charge < -0.3 is 14.6 Å². The molecule has 180 valence electrons. The number of hydrogen-bond acceptors (Lipinski definition) is 5. The molecule has 3 amide bonds. The van der Waals surface area contributed by atoms with E-state index in [1.165, 1.54) is 11.0 Å². The number of rotatable bonds is 7. The Bertz CT molecular complexity index is 1380. The second-order valence-corrected chi connectivity index (χ2v) is 8.76. The topological polar surface area (TPSA) is 92.7 Å². The maximum atomic E-state index is 13.4. The van der Waals surface area contributed by atoms with Gasteiger partial charge in [-0.25, -0.2) is 0 Å². The number of aromatic nitrogens is 1. The number of carbonyl (C=O) groups is 3. The lowest BCUT2D eigenvalue weighted by Crippen LogP contribution is -2.54. The van der Waals surface area contributed by atoms with Crippen LogP contribution in [0.4, 0.5) is 5.69 Å². The normalized spacial score (nSPS) is 15.1. The Kier molecular flexibility index (Phi) is 7.30. The first-order valence-electron chi connectivity index (χ1n) is 10.8. The first-order valence-corrected chi connectivity index (χ1v) is 11.6. The molecule has 0 bridgehead atoms. The number of anilines is 1. The maximum absolute atomic E-state index is 13.4. The molecule has 10 heteroatoms. The number of amides is 3. The zero-order chi connectivity index (χ0) is 25.1. The number of halogens is 1. The Morgan fingerprint density at radius 3 is 2.74 bits per heavy atom. The number of aryl methyl sites for hydroxylation is 1. The molecule has 1 aromatic heterocycles. The van der Waals surface area contributed by atoms with Crippen LogP contribution in [0.2, 0.25) is 5.02 Å². The number of ether oxygens (including phenoxy) is 1. The van der Waals surface area contributed by atoms with E-state index in [-0.39, 0.29) is 23.1 Å². The van der Waals surface area contributed by atoms with Gasteiger partial charge in [0.05, 0.1) is 12.3 Å². The Balaban J connectivity index is 1.70. The van der Waals surface area contributed by atoms with E-state index in [0.29, 0.717) is 29.4 Å². The smallest absolute Gasteiger partial charge is 0.270 e. The van der Waals surface area contributed by atoms with Gasteiger partial charge in [0.15, 0.2) is 5.11 Å². The van der Waals surface area contributed by atoms with Crippen molar-refractivity contribution in [2.75, 3.05) is 25.2 Å². The van der Waals surface area contributed by atoms with Crippen molar-refractivity contribution < 1.29 is 19.1 Å². The van der Waals surface area contributed by atoms with Crippen LogP contribution >= 0.6 is 23.8 Å². The van der Waals surface area contributed by atoms with E-state index in [2.05, 4.69) is 10.6 Å². The van der Waals surface area contributed by atoms with E-state index in [9.17, 15) is 14.4 Å². The zero-order valence-electron chi connectivity index (χ0n) is 19.1. The van der Waals surface area contributed by atoms with Crippen molar-refractivity contribution in [3.05, 3.63) is 70.4 Å². The van der Waals surface area contributed by atoms with E-state index in [1.54, 1.807) is 36.1 Å². The van der Waals surface area contributed by atoms with Gasteiger partial charge in [0, 0.05) is 41.3 Å². The van der Waals surface area contributed by atoms with Crippen LogP contribution < -0.4 is 15.5 Å². The molecule has 35 heavy (non-hydrogen) atoms. The molecule has 1 fully saturated rings. The number of hydrogen-bond donors (Lipinski definition) is 2. The summed E-state index contributed by atoms with van der Waals surface area (Å²) >= 11 is 11.5. The molecule has 1 aliphatic heterocycles. The number of fused-ring (bicyclic) bond motifs is 1. The number of para-hydroxylation sites is 1. The second kappa shape index (κ2) is 10.4. The largest absolute Gasteiger partial charge is 0.383 e. The van der Waals surface area contributed by atoms with Crippen LogP contribution in [0.15, 0.2) is 54.2 Å². The lowest BCUT2D eigenvalue weighted by molar-refractivity contribution is -0.123. The third-order valence-corrected chi connectivity index (χ3v) is 6.27. The van der Waals surface area contributed by atoms with E-state index in [1.807, 2.05) is 31.2 Å². The second-order valence-electron chi connectivity index (χ2n) is 7.96. The van der Waals surface area contributed by atoms with Crippen LogP contribution in [0, 0.1) is 6.92 Å². The average molecular weight is 511 g/mol.